The fraction of sp³-hybridized carbons (Fsp3) is 1.00. The fourth-order valence-electron chi connectivity index (χ4n) is 2.71. The molecule has 0 aromatic carbocycles. The SMILES string of the molecule is CC(C)C(N)CCN(C)C1CCN(C(C)C)CC1. The zero-order valence-electron chi connectivity index (χ0n) is 13.0. The molecule has 1 saturated heterocycles. The average Bonchev–Trinajstić information content (AvgIpc) is 2.35. The van der Waals surface area contributed by atoms with Gasteiger partial charge in [0.1, 0.15) is 0 Å². The molecule has 0 aromatic rings. The molecule has 18 heavy (non-hydrogen) atoms. The van der Waals surface area contributed by atoms with Crippen LogP contribution in [0, 0.1) is 5.92 Å². The van der Waals surface area contributed by atoms with Gasteiger partial charge in [-0.1, -0.05) is 13.8 Å². The molecular formula is C15H33N3. The van der Waals surface area contributed by atoms with Gasteiger partial charge < -0.3 is 15.5 Å². The second-order valence-electron chi connectivity index (χ2n) is 6.54. The molecule has 0 saturated carbocycles. The second kappa shape index (κ2) is 7.46. The summed E-state index contributed by atoms with van der Waals surface area (Å²) in [4.78, 5) is 5.12. The van der Waals surface area contributed by atoms with Crippen LogP contribution in [0.4, 0.5) is 0 Å². The predicted octanol–water partition coefficient (Wildman–Crippen LogP) is 2.16. The van der Waals surface area contributed by atoms with Gasteiger partial charge in [0.25, 0.3) is 0 Å². The molecule has 0 aliphatic carbocycles. The van der Waals surface area contributed by atoms with E-state index in [-0.39, 0.29) is 0 Å². The smallest absolute Gasteiger partial charge is 0.0117 e. The molecule has 3 nitrogen and oxygen atoms in total. The summed E-state index contributed by atoms with van der Waals surface area (Å²) >= 11 is 0. The van der Waals surface area contributed by atoms with Gasteiger partial charge in [0.2, 0.25) is 0 Å². The van der Waals surface area contributed by atoms with E-state index in [1.807, 2.05) is 0 Å². The topological polar surface area (TPSA) is 32.5 Å². The molecule has 1 aliphatic rings. The van der Waals surface area contributed by atoms with Crippen molar-refractivity contribution in [1.29, 1.82) is 0 Å². The third kappa shape index (κ3) is 4.87. The number of hydrogen-bond acceptors (Lipinski definition) is 3. The van der Waals surface area contributed by atoms with Crippen LogP contribution in [0.2, 0.25) is 0 Å². The van der Waals surface area contributed by atoms with Gasteiger partial charge in [-0.05, 0) is 65.7 Å². The van der Waals surface area contributed by atoms with Gasteiger partial charge in [-0.15, -0.1) is 0 Å². The Labute approximate surface area is 114 Å². The Kier molecular flexibility index (Phi) is 6.61. The summed E-state index contributed by atoms with van der Waals surface area (Å²) in [5.41, 5.74) is 6.12. The molecule has 3 heteroatoms. The minimum Gasteiger partial charge on any atom is -0.327 e. The van der Waals surface area contributed by atoms with Crippen molar-refractivity contribution < 1.29 is 0 Å². The maximum atomic E-state index is 6.12. The Balaban J connectivity index is 2.25. The zero-order valence-corrected chi connectivity index (χ0v) is 13.0. The van der Waals surface area contributed by atoms with Crippen LogP contribution in [0.5, 0.6) is 0 Å². The first-order chi connectivity index (χ1) is 8.41. The molecule has 1 heterocycles. The summed E-state index contributed by atoms with van der Waals surface area (Å²) in [5.74, 6) is 0.598. The lowest BCUT2D eigenvalue weighted by Gasteiger charge is -2.38. The monoisotopic (exact) mass is 255 g/mol. The Bertz CT molecular complexity index is 220. The number of likely N-dealkylation sites (tertiary alicyclic amines) is 1. The van der Waals surface area contributed by atoms with E-state index in [2.05, 4.69) is 44.5 Å². The van der Waals surface area contributed by atoms with Crippen LogP contribution in [0.3, 0.4) is 0 Å². The van der Waals surface area contributed by atoms with E-state index in [1.165, 1.54) is 25.9 Å². The second-order valence-corrected chi connectivity index (χ2v) is 6.54. The molecule has 1 rings (SSSR count). The lowest BCUT2D eigenvalue weighted by atomic mass is 9.99. The zero-order chi connectivity index (χ0) is 13.7. The quantitative estimate of drug-likeness (QED) is 0.789. The Morgan fingerprint density at radius 2 is 1.72 bits per heavy atom. The summed E-state index contributed by atoms with van der Waals surface area (Å²) in [5, 5.41) is 0. The Morgan fingerprint density at radius 3 is 2.17 bits per heavy atom. The summed E-state index contributed by atoms with van der Waals surface area (Å²) in [7, 11) is 2.27. The third-order valence-electron chi connectivity index (χ3n) is 4.52. The summed E-state index contributed by atoms with van der Waals surface area (Å²) in [6, 6.07) is 1.81. The number of hydrogen-bond donors (Lipinski definition) is 1. The van der Waals surface area contributed by atoms with Crippen molar-refractivity contribution in [1.82, 2.24) is 9.80 Å². The predicted molar refractivity (Wildman–Crippen MR) is 79.8 cm³/mol. The van der Waals surface area contributed by atoms with Crippen LogP contribution in [-0.4, -0.2) is 54.6 Å². The normalized spacial score (nSPS) is 21.2. The first kappa shape index (κ1) is 15.9. The van der Waals surface area contributed by atoms with Crippen LogP contribution in [0.1, 0.15) is 47.0 Å². The molecule has 1 unspecified atom stereocenters. The molecule has 1 atom stereocenters. The van der Waals surface area contributed by atoms with Gasteiger partial charge in [0.15, 0.2) is 0 Å². The van der Waals surface area contributed by atoms with Crippen LogP contribution in [0.15, 0.2) is 0 Å². The minimum atomic E-state index is 0.350. The largest absolute Gasteiger partial charge is 0.327 e. The van der Waals surface area contributed by atoms with Crippen LogP contribution >= 0.6 is 0 Å². The summed E-state index contributed by atoms with van der Waals surface area (Å²) in [6.07, 6.45) is 3.75. The highest BCUT2D eigenvalue weighted by Gasteiger charge is 2.23. The lowest BCUT2D eigenvalue weighted by molar-refractivity contribution is 0.105. The molecule has 0 amide bonds. The van der Waals surface area contributed by atoms with E-state index in [0.29, 0.717) is 18.0 Å². The van der Waals surface area contributed by atoms with Gasteiger partial charge in [-0.2, -0.15) is 0 Å². The molecule has 1 fully saturated rings. The molecule has 0 radical (unpaired) electrons. The number of nitrogens with zero attached hydrogens (tertiary/aromatic N) is 2. The maximum absolute atomic E-state index is 6.12. The van der Waals surface area contributed by atoms with Crippen molar-refractivity contribution in [2.75, 3.05) is 26.7 Å². The van der Waals surface area contributed by atoms with Crippen molar-refractivity contribution in [3.05, 3.63) is 0 Å². The van der Waals surface area contributed by atoms with E-state index < -0.39 is 0 Å². The van der Waals surface area contributed by atoms with Crippen molar-refractivity contribution >= 4 is 0 Å². The highest BCUT2D eigenvalue weighted by Crippen LogP contribution is 2.17. The molecule has 2 N–H and O–H groups in total. The minimum absolute atomic E-state index is 0.350. The Morgan fingerprint density at radius 1 is 1.17 bits per heavy atom. The van der Waals surface area contributed by atoms with Gasteiger partial charge in [-0.3, -0.25) is 0 Å². The number of rotatable bonds is 6. The molecule has 1 aliphatic heterocycles. The van der Waals surface area contributed by atoms with Gasteiger partial charge in [-0.25, -0.2) is 0 Å². The molecular weight excluding hydrogens is 222 g/mol. The van der Waals surface area contributed by atoms with Crippen molar-refractivity contribution in [2.45, 2.75) is 65.1 Å². The van der Waals surface area contributed by atoms with E-state index in [0.717, 1.165) is 19.0 Å². The fourth-order valence-corrected chi connectivity index (χ4v) is 2.71. The molecule has 0 bridgehead atoms. The first-order valence-corrected chi connectivity index (χ1v) is 7.61. The lowest BCUT2D eigenvalue weighted by Crippen LogP contribution is -2.46. The van der Waals surface area contributed by atoms with Crippen LogP contribution < -0.4 is 5.73 Å². The van der Waals surface area contributed by atoms with E-state index in [9.17, 15) is 0 Å². The van der Waals surface area contributed by atoms with Gasteiger partial charge >= 0.3 is 0 Å². The van der Waals surface area contributed by atoms with Crippen molar-refractivity contribution in [3.8, 4) is 0 Å². The molecule has 0 aromatic heterocycles. The number of nitrogens with two attached hydrogens (primary N) is 1. The highest BCUT2D eigenvalue weighted by atomic mass is 15.2. The standard InChI is InChI=1S/C15H33N3/c1-12(2)15(16)8-9-17(5)14-6-10-18(11-7-14)13(3)4/h12-15H,6-11,16H2,1-5H3. The molecule has 108 valence electrons. The van der Waals surface area contributed by atoms with E-state index in [1.54, 1.807) is 0 Å². The van der Waals surface area contributed by atoms with Crippen molar-refractivity contribution in [2.24, 2.45) is 11.7 Å². The van der Waals surface area contributed by atoms with Gasteiger partial charge in [0.05, 0.1) is 0 Å². The highest BCUT2D eigenvalue weighted by molar-refractivity contribution is 4.80. The van der Waals surface area contributed by atoms with Crippen LogP contribution in [-0.2, 0) is 0 Å². The maximum Gasteiger partial charge on any atom is 0.0117 e. The van der Waals surface area contributed by atoms with E-state index in [4.69, 9.17) is 5.73 Å². The average molecular weight is 255 g/mol. The third-order valence-corrected chi connectivity index (χ3v) is 4.52. The van der Waals surface area contributed by atoms with Gasteiger partial charge in [0, 0.05) is 18.1 Å². The summed E-state index contributed by atoms with van der Waals surface area (Å²) in [6.45, 7) is 12.7. The first-order valence-electron chi connectivity index (χ1n) is 7.61. The molecule has 0 spiro atoms. The summed E-state index contributed by atoms with van der Waals surface area (Å²) < 4.78 is 0. The number of piperidine rings is 1. The van der Waals surface area contributed by atoms with Crippen molar-refractivity contribution in [3.63, 3.8) is 0 Å². The van der Waals surface area contributed by atoms with Crippen LogP contribution in [0.25, 0.3) is 0 Å². The van der Waals surface area contributed by atoms with E-state index >= 15 is 0 Å². The Hall–Kier alpha value is -0.120.